The van der Waals surface area contributed by atoms with Crippen molar-refractivity contribution < 1.29 is 17.6 Å². The predicted molar refractivity (Wildman–Crippen MR) is 99.0 cm³/mol. The third-order valence-electron chi connectivity index (χ3n) is 4.93. The number of para-hydroxylation sites is 1. The summed E-state index contributed by atoms with van der Waals surface area (Å²) in [6.07, 6.45) is -1.37. The second-order valence-corrected chi connectivity index (χ2v) is 6.72. The van der Waals surface area contributed by atoms with Gasteiger partial charge in [0.1, 0.15) is 5.58 Å². The van der Waals surface area contributed by atoms with Crippen molar-refractivity contribution in [3.63, 3.8) is 0 Å². The van der Waals surface area contributed by atoms with E-state index >= 15 is 0 Å². The molecule has 0 unspecified atom stereocenters. The molecule has 0 bridgehead atoms. The van der Waals surface area contributed by atoms with E-state index < -0.39 is 11.7 Å². The van der Waals surface area contributed by atoms with Gasteiger partial charge in [0.15, 0.2) is 11.3 Å². The summed E-state index contributed by atoms with van der Waals surface area (Å²) in [4.78, 5) is 14.6. The minimum atomic E-state index is -4.50. The van der Waals surface area contributed by atoms with Gasteiger partial charge in [-0.3, -0.25) is 4.79 Å². The van der Waals surface area contributed by atoms with Crippen LogP contribution in [0.1, 0.15) is 24.8 Å². The number of benzene rings is 2. The zero-order valence-corrected chi connectivity index (χ0v) is 14.6. The summed E-state index contributed by atoms with van der Waals surface area (Å²) in [5, 5.41) is 0.283. The topological polar surface area (TPSA) is 33.5 Å². The van der Waals surface area contributed by atoms with E-state index in [2.05, 4.69) is 0 Å². The van der Waals surface area contributed by atoms with Gasteiger partial charge in [-0.25, -0.2) is 0 Å². The number of fused-ring (bicyclic) bond motifs is 1. The molecule has 0 aliphatic carbocycles. The molecule has 1 aromatic heterocycles. The Kier molecular flexibility index (Phi) is 4.42. The normalized spacial score (nSPS) is 15.3. The summed E-state index contributed by atoms with van der Waals surface area (Å²) >= 11 is 0. The molecule has 6 heteroatoms. The van der Waals surface area contributed by atoms with Crippen molar-refractivity contribution in [2.24, 2.45) is 0 Å². The molecule has 1 aliphatic heterocycles. The lowest BCUT2D eigenvalue weighted by molar-refractivity contribution is -0.137. The number of anilines is 1. The molecule has 1 aliphatic rings. The van der Waals surface area contributed by atoms with E-state index in [9.17, 15) is 18.0 Å². The molecule has 0 saturated carbocycles. The van der Waals surface area contributed by atoms with E-state index in [0.29, 0.717) is 5.88 Å². The molecule has 0 N–H and O–H groups in total. The van der Waals surface area contributed by atoms with Crippen LogP contribution < -0.4 is 10.3 Å². The minimum absolute atomic E-state index is 0.00884. The van der Waals surface area contributed by atoms with Crippen LogP contribution in [0, 0.1) is 0 Å². The number of halogens is 3. The lowest BCUT2D eigenvalue weighted by atomic mass is 9.97. The van der Waals surface area contributed by atoms with Gasteiger partial charge in [0, 0.05) is 24.7 Å². The van der Waals surface area contributed by atoms with E-state index in [0.717, 1.165) is 38.4 Å². The third kappa shape index (κ3) is 3.31. The van der Waals surface area contributed by atoms with Crippen molar-refractivity contribution >= 4 is 16.9 Å². The van der Waals surface area contributed by atoms with Gasteiger partial charge in [0.2, 0.25) is 0 Å². The average Bonchev–Trinajstić information content (AvgIpc) is 2.67. The Labute approximate surface area is 154 Å². The van der Waals surface area contributed by atoms with Crippen LogP contribution in [0.5, 0.6) is 0 Å². The molecule has 0 spiro atoms. The highest BCUT2D eigenvalue weighted by molar-refractivity contribution is 5.93. The molecule has 2 heterocycles. The highest BCUT2D eigenvalue weighted by Gasteiger charge is 2.34. The predicted octanol–water partition coefficient (Wildman–Crippen LogP) is 5.47. The van der Waals surface area contributed by atoms with Crippen molar-refractivity contribution in [3.8, 4) is 11.1 Å². The van der Waals surface area contributed by atoms with Gasteiger partial charge in [-0.05, 0) is 37.0 Å². The summed E-state index contributed by atoms with van der Waals surface area (Å²) in [6.45, 7) is 1.55. The SMILES string of the molecule is O=c1cc(N2CCCCC2)oc2c(-c3ccccc3C(F)(F)F)cccc12. The fraction of sp³-hybridized carbons (Fsp3) is 0.286. The van der Waals surface area contributed by atoms with Gasteiger partial charge in [0.25, 0.3) is 0 Å². The first kappa shape index (κ1) is 17.6. The van der Waals surface area contributed by atoms with Crippen molar-refractivity contribution in [2.75, 3.05) is 18.0 Å². The third-order valence-corrected chi connectivity index (χ3v) is 4.93. The number of rotatable bonds is 2. The molecule has 140 valence electrons. The van der Waals surface area contributed by atoms with Crippen LogP contribution in [-0.2, 0) is 6.18 Å². The Morgan fingerprint density at radius 1 is 0.889 bits per heavy atom. The molecule has 0 amide bonds. The van der Waals surface area contributed by atoms with Crippen LogP contribution in [0.4, 0.5) is 19.1 Å². The molecule has 0 radical (unpaired) electrons. The van der Waals surface area contributed by atoms with Gasteiger partial charge < -0.3 is 9.32 Å². The summed E-state index contributed by atoms with van der Waals surface area (Å²) in [5.74, 6) is 0.420. The van der Waals surface area contributed by atoms with Crippen LogP contribution in [0.3, 0.4) is 0 Å². The van der Waals surface area contributed by atoms with Crippen LogP contribution >= 0.6 is 0 Å². The van der Waals surface area contributed by atoms with Crippen molar-refractivity contribution in [2.45, 2.75) is 25.4 Å². The van der Waals surface area contributed by atoms with Crippen LogP contribution in [0.25, 0.3) is 22.1 Å². The smallest absolute Gasteiger partial charge is 0.417 e. The molecule has 1 saturated heterocycles. The highest BCUT2D eigenvalue weighted by atomic mass is 19.4. The summed E-state index contributed by atoms with van der Waals surface area (Å²) in [5.41, 5.74) is -0.514. The van der Waals surface area contributed by atoms with Gasteiger partial charge in [-0.15, -0.1) is 0 Å². The molecule has 27 heavy (non-hydrogen) atoms. The fourth-order valence-corrected chi connectivity index (χ4v) is 3.61. The minimum Gasteiger partial charge on any atom is -0.440 e. The van der Waals surface area contributed by atoms with Gasteiger partial charge in [-0.2, -0.15) is 13.2 Å². The maximum Gasteiger partial charge on any atom is 0.417 e. The summed E-state index contributed by atoms with van der Waals surface area (Å²) in [7, 11) is 0. The Balaban J connectivity index is 1.95. The summed E-state index contributed by atoms with van der Waals surface area (Å²) < 4.78 is 46.4. The Bertz CT molecular complexity index is 1030. The maximum absolute atomic E-state index is 13.5. The molecule has 3 nitrogen and oxygen atoms in total. The van der Waals surface area contributed by atoms with Crippen molar-refractivity contribution in [1.82, 2.24) is 0 Å². The second-order valence-electron chi connectivity index (χ2n) is 6.72. The number of hydrogen-bond donors (Lipinski definition) is 0. The van der Waals surface area contributed by atoms with E-state index in [-0.39, 0.29) is 27.5 Å². The van der Waals surface area contributed by atoms with Crippen molar-refractivity contribution in [3.05, 3.63) is 64.3 Å². The molecule has 1 fully saturated rings. The second kappa shape index (κ2) is 6.76. The van der Waals surface area contributed by atoms with Crippen LogP contribution in [-0.4, -0.2) is 13.1 Å². The molecule has 3 aromatic rings. The number of hydrogen-bond acceptors (Lipinski definition) is 3. The van der Waals surface area contributed by atoms with Gasteiger partial charge >= 0.3 is 6.18 Å². The molecular formula is C21H18F3NO2. The number of nitrogens with zero attached hydrogens (tertiary/aromatic N) is 1. The van der Waals surface area contributed by atoms with E-state index in [1.165, 1.54) is 18.2 Å². The molecule has 0 atom stereocenters. The zero-order valence-electron chi connectivity index (χ0n) is 14.6. The van der Waals surface area contributed by atoms with Crippen LogP contribution in [0.2, 0.25) is 0 Å². The van der Waals surface area contributed by atoms with E-state index in [1.807, 2.05) is 4.90 Å². The Morgan fingerprint density at radius 3 is 2.33 bits per heavy atom. The fourth-order valence-electron chi connectivity index (χ4n) is 3.61. The largest absolute Gasteiger partial charge is 0.440 e. The van der Waals surface area contributed by atoms with Gasteiger partial charge in [-0.1, -0.05) is 30.3 Å². The lowest BCUT2D eigenvalue weighted by Crippen LogP contribution is -2.30. The first-order valence-corrected chi connectivity index (χ1v) is 8.93. The Morgan fingerprint density at radius 2 is 1.59 bits per heavy atom. The monoisotopic (exact) mass is 373 g/mol. The average molecular weight is 373 g/mol. The maximum atomic E-state index is 13.5. The zero-order chi connectivity index (χ0) is 19.0. The molecule has 2 aromatic carbocycles. The molecular weight excluding hydrogens is 355 g/mol. The highest BCUT2D eigenvalue weighted by Crippen LogP contribution is 2.39. The van der Waals surface area contributed by atoms with E-state index in [4.69, 9.17) is 4.42 Å². The summed E-state index contributed by atoms with van der Waals surface area (Å²) in [6, 6.07) is 11.5. The first-order chi connectivity index (χ1) is 12.9. The standard InChI is InChI=1S/C21H18F3NO2/c22-21(23,24)17-10-3-2-7-14(17)15-8-6-9-16-18(26)13-19(27-20(15)16)25-11-4-1-5-12-25/h2-3,6-10,13H,1,4-5,11-12H2. The lowest BCUT2D eigenvalue weighted by Gasteiger charge is -2.27. The molecule has 4 rings (SSSR count). The first-order valence-electron chi connectivity index (χ1n) is 8.93. The van der Waals surface area contributed by atoms with Crippen LogP contribution in [0.15, 0.2) is 57.7 Å². The van der Waals surface area contributed by atoms with E-state index in [1.54, 1.807) is 24.3 Å². The number of alkyl halides is 3. The quantitative estimate of drug-likeness (QED) is 0.597. The van der Waals surface area contributed by atoms with Crippen molar-refractivity contribution in [1.29, 1.82) is 0 Å². The number of piperidine rings is 1. The Hall–Kier alpha value is -2.76. The van der Waals surface area contributed by atoms with Gasteiger partial charge in [0.05, 0.1) is 10.9 Å².